The Balaban J connectivity index is 0.910. The fourth-order valence-corrected chi connectivity index (χ4v) is 14.1. The van der Waals surface area contributed by atoms with Gasteiger partial charge in [-0.3, -0.25) is 0 Å². The highest BCUT2D eigenvalue weighted by Crippen LogP contribution is 2.63. The molecule has 0 saturated carbocycles. The summed E-state index contributed by atoms with van der Waals surface area (Å²) in [6.07, 6.45) is 0. The summed E-state index contributed by atoms with van der Waals surface area (Å²) in [6, 6.07) is 92.9. The van der Waals surface area contributed by atoms with Gasteiger partial charge in [-0.15, -0.1) is 11.3 Å². The topological polar surface area (TPSA) is 13.1 Å². The van der Waals surface area contributed by atoms with Gasteiger partial charge in [0.15, 0.2) is 0 Å². The number of para-hydroxylation sites is 5. The zero-order valence-electron chi connectivity index (χ0n) is 38.4. The van der Waals surface area contributed by atoms with E-state index < -0.39 is 5.41 Å². The zero-order chi connectivity index (χ0) is 46.4. The highest BCUT2D eigenvalue weighted by Gasteiger charge is 2.51. The van der Waals surface area contributed by atoms with Crippen LogP contribution in [-0.4, -0.2) is 9.13 Å². The molecule has 16 rings (SSSR count). The SMILES string of the molecule is c1ccc(N2c3ccccc3C3(c4ccccc4-c4ccc(-n5c6ccccc6c6cc(-n7c8ccccc8c8ccc(-c9cccc%10c9sc9ccccc9%10)cc87)ccc65)cc43)c3ccccc32)cc1. The molecule has 3 aromatic heterocycles. The van der Waals surface area contributed by atoms with Crippen molar-refractivity contribution >= 4 is 92.2 Å². The first-order valence-electron chi connectivity index (χ1n) is 24.5. The van der Waals surface area contributed by atoms with E-state index in [0.717, 1.165) is 17.1 Å². The Labute approximate surface area is 414 Å². The lowest BCUT2D eigenvalue weighted by atomic mass is 9.64. The van der Waals surface area contributed by atoms with Crippen LogP contribution in [0.15, 0.2) is 249 Å². The van der Waals surface area contributed by atoms with Crippen LogP contribution in [-0.2, 0) is 5.41 Å². The molecule has 1 spiro atoms. The smallest absolute Gasteiger partial charge is 0.0755 e. The second-order valence-corrected chi connectivity index (χ2v) is 20.2. The van der Waals surface area contributed by atoms with Gasteiger partial charge in [-0.2, -0.15) is 0 Å². The Morgan fingerprint density at radius 2 is 0.845 bits per heavy atom. The molecule has 71 heavy (non-hydrogen) atoms. The lowest BCUT2D eigenvalue weighted by molar-refractivity contribution is 0.752. The van der Waals surface area contributed by atoms with Gasteiger partial charge in [0.05, 0.1) is 38.9 Å². The largest absolute Gasteiger partial charge is 0.310 e. The highest BCUT2D eigenvalue weighted by atomic mass is 32.1. The van der Waals surface area contributed by atoms with E-state index in [4.69, 9.17) is 0 Å². The summed E-state index contributed by atoms with van der Waals surface area (Å²) in [5.74, 6) is 0. The van der Waals surface area contributed by atoms with Crippen LogP contribution in [0, 0.1) is 0 Å². The van der Waals surface area contributed by atoms with Crippen LogP contribution in [0.2, 0.25) is 0 Å². The van der Waals surface area contributed by atoms with Crippen molar-refractivity contribution in [2.75, 3.05) is 4.90 Å². The fraction of sp³-hybridized carbons (Fsp3) is 0.0149. The first-order chi connectivity index (χ1) is 35.2. The quantitative estimate of drug-likeness (QED) is 0.171. The number of hydrogen-bond acceptors (Lipinski definition) is 2. The van der Waals surface area contributed by atoms with Gasteiger partial charge in [-0.05, 0) is 123 Å². The summed E-state index contributed by atoms with van der Waals surface area (Å²) in [5, 5.41) is 7.59. The molecule has 4 heterocycles. The third-order valence-corrected chi connectivity index (χ3v) is 16.9. The number of hydrogen-bond donors (Lipinski definition) is 0. The van der Waals surface area contributed by atoms with Crippen molar-refractivity contribution in [1.29, 1.82) is 0 Å². The van der Waals surface area contributed by atoms with Crippen LogP contribution >= 0.6 is 11.3 Å². The predicted octanol–water partition coefficient (Wildman–Crippen LogP) is 18.1. The Hall–Kier alpha value is -8.96. The van der Waals surface area contributed by atoms with E-state index in [0.29, 0.717) is 0 Å². The number of rotatable bonds is 4. The Morgan fingerprint density at radius 1 is 0.296 bits per heavy atom. The third kappa shape index (κ3) is 5.21. The molecule has 0 saturated heterocycles. The monoisotopic (exact) mass is 919 g/mol. The molecular formula is C67H41N3S. The normalized spacial score (nSPS) is 13.4. The predicted molar refractivity (Wildman–Crippen MR) is 299 cm³/mol. The van der Waals surface area contributed by atoms with Gasteiger partial charge in [0.1, 0.15) is 0 Å². The number of aromatic nitrogens is 2. The van der Waals surface area contributed by atoms with Gasteiger partial charge in [0.25, 0.3) is 0 Å². The molecule has 0 unspecified atom stereocenters. The molecule has 2 aliphatic rings. The molecule has 0 radical (unpaired) electrons. The summed E-state index contributed by atoms with van der Waals surface area (Å²) in [4.78, 5) is 2.45. The summed E-state index contributed by atoms with van der Waals surface area (Å²) in [6.45, 7) is 0. The zero-order valence-corrected chi connectivity index (χ0v) is 39.2. The molecule has 0 N–H and O–H groups in total. The maximum Gasteiger partial charge on any atom is 0.0755 e. The number of thiophene rings is 1. The lowest BCUT2D eigenvalue weighted by Gasteiger charge is -2.45. The molecule has 4 heteroatoms. The molecule has 330 valence electrons. The van der Waals surface area contributed by atoms with Crippen molar-refractivity contribution in [2.24, 2.45) is 0 Å². The van der Waals surface area contributed by atoms with Crippen molar-refractivity contribution in [2.45, 2.75) is 5.41 Å². The minimum atomic E-state index is -0.551. The summed E-state index contributed by atoms with van der Waals surface area (Å²) in [5.41, 5.74) is 20.3. The Kier molecular flexibility index (Phi) is 7.97. The Morgan fingerprint density at radius 3 is 1.63 bits per heavy atom. The summed E-state index contributed by atoms with van der Waals surface area (Å²) in [7, 11) is 0. The van der Waals surface area contributed by atoms with Crippen molar-refractivity contribution < 1.29 is 0 Å². The van der Waals surface area contributed by atoms with Crippen molar-refractivity contribution in [3.05, 3.63) is 271 Å². The van der Waals surface area contributed by atoms with Gasteiger partial charge in [-0.25, -0.2) is 0 Å². The van der Waals surface area contributed by atoms with E-state index in [-0.39, 0.29) is 0 Å². The molecule has 14 aromatic rings. The van der Waals surface area contributed by atoms with E-state index in [2.05, 4.69) is 263 Å². The van der Waals surface area contributed by atoms with E-state index in [1.807, 2.05) is 11.3 Å². The van der Waals surface area contributed by atoms with Crippen LogP contribution in [0.1, 0.15) is 22.3 Å². The van der Waals surface area contributed by atoms with E-state index in [1.165, 1.54) is 120 Å². The molecule has 3 nitrogen and oxygen atoms in total. The number of fused-ring (bicyclic) bond motifs is 18. The standard InChI is InChI=1S/C67H41N3S/c1-2-17-43(18-3-1)68-62-30-13-9-26-56(62)67(57-27-10-14-31-63(57)68)55-25-8-4-19-47(55)48-37-34-45(41-58(48)67)69-60-29-12-6-21-50(60)54-40-44(35-38-61(54)69)70-59-28-11-5-20-49(59)51-36-33-42(39-64(51)70)46-23-16-24-53-52-22-7-15-32-65(52)71-66(46)53/h1-41H. The lowest BCUT2D eigenvalue weighted by Crippen LogP contribution is -2.36. The first kappa shape index (κ1) is 38.9. The van der Waals surface area contributed by atoms with Crippen molar-refractivity contribution in [3.8, 4) is 33.6 Å². The fourth-order valence-electron chi connectivity index (χ4n) is 12.9. The van der Waals surface area contributed by atoms with Crippen molar-refractivity contribution in [1.82, 2.24) is 9.13 Å². The number of nitrogens with zero attached hydrogens (tertiary/aromatic N) is 3. The van der Waals surface area contributed by atoms with Crippen LogP contribution in [0.5, 0.6) is 0 Å². The summed E-state index contributed by atoms with van der Waals surface area (Å²) >= 11 is 1.89. The van der Waals surface area contributed by atoms with E-state index in [1.54, 1.807) is 0 Å². The van der Waals surface area contributed by atoms with Gasteiger partial charge in [0, 0.05) is 58.8 Å². The van der Waals surface area contributed by atoms with E-state index >= 15 is 0 Å². The average Bonchev–Trinajstić information content (AvgIpc) is 4.16. The van der Waals surface area contributed by atoms with Crippen LogP contribution in [0.3, 0.4) is 0 Å². The van der Waals surface area contributed by atoms with Crippen molar-refractivity contribution in [3.63, 3.8) is 0 Å². The second kappa shape index (κ2) is 14.5. The molecular weight excluding hydrogens is 879 g/mol. The van der Waals surface area contributed by atoms with Crippen LogP contribution in [0.4, 0.5) is 17.1 Å². The molecule has 0 bridgehead atoms. The minimum absolute atomic E-state index is 0.551. The van der Waals surface area contributed by atoms with E-state index in [9.17, 15) is 0 Å². The minimum Gasteiger partial charge on any atom is -0.310 e. The maximum atomic E-state index is 2.51. The summed E-state index contributed by atoms with van der Waals surface area (Å²) < 4.78 is 7.63. The third-order valence-electron chi connectivity index (χ3n) is 15.7. The van der Waals surface area contributed by atoms with Gasteiger partial charge in [0.2, 0.25) is 0 Å². The van der Waals surface area contributed by atoms with Gasteiger partial charge >= 0.3 is 0 Å². The first-order valence-corrected chi connectivity index (χ1v) is 25.3. The molecule has 0 atom stereocenters. The maximum absolute atomic E-state index is 2.51. The molecule has 0 amide bonds. The Bertz CT molecular complexity index is 4500. The number of anilines is 3. The molecule has 0 fully saturated rings. The molecule has 1 aliphatic heterocycles. The van der Waals surface area contributed by atoms with Crippen LogP contribution < -0.4 is 4.90 Å². The average molecular weight is 920 g/mol. The van der Waals surface area contributed by atoms with Gasteiger partial charge < -0.3 is 14.0 Å². The number of benzene rings is 11. The van der Waals surface area contributed by atoms with Crippen LogP contribution in [0.25, 0.3) is 97.4 Å². The highest BCUT2D eigenvalue weighted by molar-refractivity contribution is 7.26. The van der Waals surface area contributed by atoms with Gasteiger partial charge in [-0.1, -0.05) is 170 Å². The molecule has 11 aromatic carbocycles. The second-order valence-electron chi connectivity index (χ2n) is 19.1. The molecule has 1 aliphatic carbocycles.